The summed E-state index contributed by atoms with van der Waals surface area (Å²) in [7, 11) is 2.03. The van der Waals surface area contributed by atoms with Crippen LogP contribution in [0.1, 0.15) is 40.0 Å². The lowest BCUT2D eigenvalue weighted by Crippen LogP contribution is -2.44. The Morgan fingerprint density at radius 1 is 1.24 bits per heavy atom. The van der Waals surface area contributed by atoms with E-state index in [0.29, 0.717) is 18.1 Å². The van der Waals surface area contributed by atoms with Gasteiger partial charge in [0.05, 0.1) is 19.3 Å². The molecule has 1 fully saturated rings. The van der Waals surface area contributed by atoms with Gasteiger partial charge < -0.3 is 14.8 Å². The molecule has 0 aromatic heterocycles. The zero-order valence-electron chi connectivity index (χ0n) is 11.9. The van der Waals surface area contributed by atoms with E-state index in [1.165, 1.54) is 19.3 Å². The van der Waals surface area contributed by atoms with Crippen LogP contribution in [-0.2, 0) is 9.47 Å². The summed E-state index contributed by atoms with van der Waals surface area (Å²) in [5, 5.41) is 3.37. The number of ether oxygens (including phenoxy) is 2. The van der Waals surface area contributed by atoms with Crippen molar-refractivity contribution in [3.05, 3.63) is 0 Å². The van der Waals surface area contributed by atoms with Gasteiger partial charge in [-0.05, 0) is 38.1 Å². The standard InChI is InChI=1S/C14H29NO2/c1-11(2)10-16-7-8-17-14-9-12(3)5-6-13(14)15-4/h11-15H,5-10H2,1-4H3. The number of rotatable bonds is 7. The fraction of sp³-hybridized carbons (Fsp3) is 1.00. The van der Waals surface area contributed by atoms with Crippen molar-refractivity contribution in [2.24, 2.45) is 11.8 Å². The highest BCUT2D eigenvalue weighted by Crippen LogP contribution is 2.26. The molecule has 0 radical (unpaired) electrons. The second kappa shape index (κ2) is 8.06. The summed E-state index contributed by atoms with van der Waals surface area (Å²) in [4.78, 5) is 0. The lowest BCUT2D eigenvalue weighted by molar-refractivity contribution is -0.0358. The lowest BCUT2D eigenvalue weighted by Gasteiger charge is -2.34. The molecular formula is C14H29NO2. The molecule has 1 rings (SSSR count). The van der Waals surface area contributed by atoms with Gasteiger partial charge in [-0.1, -0.05) is 20.8 Å². The summed E-state index contributed by atoms with van der Waals surface area (Å²) >= 11 is 0. The van der Waals surface area contributed by atoms with Gasteiger partial charge in [0.2, 0.25) is 0 Å². The third-order valence-electron chi connectivity index (χ3n) is 3.44. The van der Waals surface area contributed by atoms with Crippen LogP contribution in [0.5, 0.6) is 0 Å². The molecule has 0 aromatic carbocycles. The Labute approximate surface area is 106 Å². The molecule has 1 aliphatic carbocycles. The maximum absolute atomic E-state index is 5.95. The fourth-order valence-electron chi connectivity index (χ4n) is 2.42. The maximum atomic E-state index is 5.95. The smallest absolute Gasteiger partial charge is 0.0731 e. The van der Waals surface area contributed by atoms with Gasteiger partial charge in [-0.15, -0.1) is 0 Å². The van der Waals surface area contributed by atoms with E-state index in [1.54, 1.807) is 0 Å². The van der Waals surface area contributed by atoms with E-state index < -0.39 is 0 Å². The van der Waals surface area contributed by atoms with E-state index in [0.717, 1.165) is 25.7 Å². The molecule has 0 heterocycles. The highest BCUT2D eigenvalue weighted by molar-refractivity contribution is 4.83. The van der Waals surface area contributed by atoms with Crippen molar-refractivity contribution in [3.63, 3.8) is 0 Å². The molecule has 0 amide bonds. The molecular weight excluding hydrogens is 214 g/mol. The second-order valence-corrected chi connectivity index (χ2v) is 5.69. The minimum Gasteiger partial charge on any atom is -0.379 e. The molecule has 0 spiro atoms. The molecule has 102 valence electrons. The van der Waals surface area contributed by atoms with Gasteiger partial charge in [-0.2, -0.15) is 0 Å². The minimum absolute atomic E-state index is 0.367. The molecule has 3 heteroatoms. The summed E-state index contributed by atoms with van der Waals surface area (Å²) in [6.45, 7) is 8.93. The zero-order chi connectivity index (χ0) is 12.7. The average Bonchev–Trinajstić information content (AvgIpc) is 2.28. The van der Waals surface area contributed by atoms with Crippen molar-refractivity contribution >= 4 is 0 Å². The molecule has 3 atom stereocenters. The predicted molar refractivity (Wildman–Crippen MR) is 71.3 cm³/mol. The highest BCUT2D eigenvalue weighted by Gasteiger charge is 2.27. The Kier molecular flexibility index (Phi) is 7.09. The SMILES string of the molecule is CNC1CCC(C)CC1OCCOCC(C)C. The van der Waals surface area contributed by atoms with Crippen molar-refractivity contribution in [3.8, 4) is 0 Å². The van der Waals surface area contributed by atoms with Crippen LogP contribution >= 0.6 is 0 Å². The number of likely N-dealkylation sites (N-methyl/N-ethyl adjacent to an activating group) is 1. The molecule has 0 aliphatic heterocycles. The maximum Gasteiger partial charge on any atom is 0.0731 e. The summed E-state index contributed by atoms with van der Waals surface area (Å²) in [5.74, 6) is 1.40. The van der Waals surface area contributed by atoms with Gasteiger partial charge in [0.1, 0.15) is 0 Å². The zero-order valence-corrected chi connectivity index (χ0v) is 11.9. The summed E-state index contributed by atoms with van der Waals surface area (Å²) in [5.41, 5.74) is 0. The van der Waals surface area contributed by atoms with Crippen molar-refractivity contribution < 1.29 is 9.47 Å². The van der Waals surface area contributed by atoms with Crippen LogP contribution in [0, 0.1) is 11.8 Å². The van der Waals surface area contributed by atoms with Crippen LogP contribution < -0.4 is 5.32 Å². The van der Waals surface area contributed by atoms with Crippen LogP contribution in [0.2, 0.25) is 0 Å². The van der Waals surface area contributed by atoms with Crippen LogP contribution in [0.3, 0.4) is 0 Å². The van der Waals surface area contributed by atoms with E-state index in [1.807, 2.05) is 7.05 Å². The van der Waals surface area contributed by atoms with Gasteiger partial charge >= 0.3 is 0 Å². The molecule has 1 N–H and O–H groups in total. The molecule has 0 aromatic rings. The van der Waals surface area contributed by atoms with Gasteiger partial charge in [0.15, 0.2) is 0 Å². The third-order valence-corrected chi connectivity index (χ3v) is 3.44. The van der Waals surface area contributed by atoms with E-state index in [9.17, 15) is 0 Å². The number of nitrogens with one attached hydrogen (secondary N) is 1. The van der Waals surface area contributed by atoms with Gasteiger partial charge in [-0.3, -0.25) is 0 Å². The van der Waals surface area contributed by atoms with Crippen LogP contribution in [0.25, 0.3) is 0 Å². The second-order valence-electron chi connectivity index (χ2n) is 5.69. The topological polar surface area (TPSA) is 30.5 Å². The van der Waals surface area contributed by atoms with Crippen molar-refractivity contribution in [1.82, 2.24) is 5.32 Å². The largest absolute Gasteiger partial charge is 0.379 e. The number of hydrogen-bond acceptors (Lipinski definition) is 3. The number of hydrogen-bond donors (Lipinski definition) is 1. The molecule has 0 saturated heterocycles. The molecule has 17 heavy (non-hydrogen) atoms. The summed E-state index contributed by atoms with van der Waals surface area (Å²) in [6, 6.07) is 0.524. The van der Waals surface area contributed by atoms with Gasteiger partial charge in [0.25, 0.3) is 0 Å². The first kappa shape index (κ1) is 14.9. The third kappa shape index (κ3) is 5.84. The van der Waals surface area contributed by atoms with Crippen molar-refractivity contribution in [2.45, 2.75) is 52.2 Å². The highest BCUT2D eigenvalue weighted by atomic mass is 16.5. The quantitative estimate of drug-likeness (QED) is 0.697. The first-order chi connectivity index (χ1) is 8.13. The van der Waals surface area contributed by atoms with Gasteiger partial charge in [-0.25, -0.2) is 0 Å². The first-order valence-corrected chi connectivity index (χ1v) is 7.00. The Hall–Kier alpha value is -0.120. The van der Waals surface area contributed by atoms with E-state index in [4.69, 9.17) is 9.47 Å². The predicted octanol–water partition coefficient (Wildman–Crippen LogP) is 2.45. The van der Waals surface area contributed by atoms with E-state index >= 15 is 0 Å². The van der Waals surface area contributed by atoms with E-state index in [-0.39, 0.29) is 0 Å². The van der Waals surface area contributed by atoms with Gasteiger partial charge in [0, 0.05) is 12.6 Å². The summed E-state index contributed by atoms with van der Waals surface area (Å²) in [6.07, 6.45) is 4.09. The molecule has 3 unspecified atom stereocenters. The molecule has 1 aliphatic rings. The van der Waals surface area contributed by atoms with Crippen molar-refractivity contribution in [1.29, 1.82) is 0 Å². The first-order valence-electron chi connectivity index (χ1n) is 7.00. The van der Waals surface area contributed by atoms with Crippen LogP contribution in [0.15, 0.2) is 0 Å². The Balaban J connectivity index is 2.14. The Bertz CT molecular complexity index is 197. The Morgan fingerprint density at radius 2 is 2.00 bits per heavy atom. The van der Waals surface area contributed by atoms with Crippen LogP contribution in [-0.4, -0.2) is 39.0 Å². The monoisotopic (exact) mass is 243 g/mol. The summed E-state index contributed by atoms with van der Waals surface area (Å²) < 4.78 is 11.5. The molecule has 1 saturated carbocycles. The lowest BCUT2D eigenvalue weighted by atomic mass is 9.85. The van der Waals surface area contributed by atoms with Crippen LogP contribution in [0.4, 0.5) is 0 Å². The fourth-order valence-corrected chi connectivity index (χ4v) is 2.42. The molecule has 0 bridgehead atoms. The van der Waals surface area contributed by atoms with E-state index in [2.05, 4.69) is 26.1 Å². The molecule has 3 nitrogen and oxygen atoms in total. The normalized spacial score (nSPS) is 29.8. The minimum atomic E-state index is 0.367. The Morgan fingerprint density at radius 3 is 2.65 bits per heavy atom. The average molecular weight is 243 g/mol. The van der Waals surface area contributed by atoms with Crippen molar-refractivity contribution in [2.75, 3.05) is 26.9 Å².